The average Bonchev–Trinajstić information content (AvgIpc) is 2.43. The summed E-state index contributed by atoms with van der Waals surface area (Å²) >= 11 is 0. The van der Waals surface area contributed by atoms with Crippen LogP contribution in [0.3, 0.4) is 0 Å². The van der Waals surface area contributed by atoms with E-state index in [0.29, 0.717) is 11.5 Å². The first-order valence-corrected chi connectivity index (χ1v) is 7.18. The Morgan fingerprint density at radius 3 is 2.63 bits per heavy atom. The van der Waals surface area contributed by atoms with Gasteiger partial charge in [-0.15, -0.1) is 0 Å². The molecule has 0 amide bonds. The summed E-state index contributed by atoms with van der Waals surface area (Å²) in [6.45, 7) is 3.68. The second-order valence-corrected chi connectivity index (χ2v) is 5.65. The van der Waals surface area contributed by atoms with Gasteiger partial charge in [0.2, 0.25) is 0 Å². The van der Waals surface area contributed by atoms with E-state index < -0.39 is 17.7 Å². The third-order valence-corrected chi connectivity index (χ3v) is 4.51. The molecule has 1 aliphatic rings. The highest BCUT2D eigenvalue weighted by molar-refractivity contribution is 5.29. The summed E-state index contributed by atoms with van der Waals surface area (Å²) < 4.78 is 28.0. The van der Waals surface area contributed by atoms with Crippen LogP contribution in [0.2, 0.25) is 0 Å². The Hall–Kier alpha value is -0.960. The van der Waals surface area contributed by atoms with Crippen molar-refractivity contribution in [3.05, 3.63) is 34.9 Å². The number of hydrogen-bond donors (Lipinski definition) is 1. The van der Waals surface area contributed by atoms with E-state index in [9.17, 15) is 13.9 Å². The van der Waals surface area contributed by atoms with Crippen LogP contribution >= 0.6 is 0 Å². The summed E-state index contributed by atoms with van der Waals surface area (Å²) in [6.07, 6.45) is 4.02. The zero-order valence-corrected chi connectivity index (χ0v) is 11.6. The molecule has 0 spiro atoms. The zero-order chi connectivity index (χ0) is 14.0. The predicted octanol–water partition coefficient (Wildman–Crippen LogP) is 4.52. The summed E-state index contributed by atoms with van der Waals surface area (Å²) in [5.74, 6) is -0.878. The molecule has 1 aliphatic carbocycles. The maximum absolute atomic E-state index is 14.1. The molecule has 0 heterocycles. The van der Waals surface area contributed by atoms with Crippen molar-refractivity contribution in [3.63, 3.8) is 0 Å². The molecular weight excluding hydrogens is 246 g/mol. The molecule has 3 heteroatoms. The highest BCUT2D eigenvalue weighted by Gasteiger charge is 2.33. The van der Waals surface area contributed by atoms with E-state index in [1.54, 1.807) is 6.92 Å². The van der Waals surface area contributed by atoms with Gasteiger partial charge in [-0.2, -0.15) is 0 Å². The number of aliphatic hydroxyl groups is 1. The van der Waals surface area contributed by atoms with Gasteiger partial charge < -0.3 is 5.11 Å². The molecule has 1 N–H and O–H groups in total. The van der Waals surface area contributed by atoms with Crippen LogP contribution in [0.1, 0.15) is 56.3 Å². The molecule has 1 fully saturated rings. The number of halogens is 2. The van der Waals surface area contributed by atoms with Crippen molar-refractivity contribution in [3.8, 4) is 0 Å². The molecule has 106 valence electrons. The van der Waals surface area contributed by atoms with Crippen LogP contribution < -0.4 is 0 Å². The van der Waals surface area contributed by atoms with Gasteiger partial charge in [0.25, 0.3) is 0 Å². The van der Waals surface area contributed by atoms with Gasteiger partial charge in [-0.05, 0) is 36.8 Å². The average molecular weight is 268 g/mol. The minimum Gasteiger partial charge on any atom is -0.388 e. The lowest BCUT2D eigenvalue weighted by atomic mass is 9.73. The third kappa shape index (κ3) is 2.81. The smallest absolute Gasteiger partial charge is 0.134 e. The van der Waals surface area contributed by atoms with E-state index in [-0.39, 0.29) is 11.5 Å². The highest BCUT2D eigenvalue weighted by atomic mass is 19.1. The number of aliphatic hydroxyl groups excluding tert-OH is 1. The fraction of sp³-hybridized carbons (Fsp3) is 0.625. The van der Waals surface area contributed by atoms with Crippen LogP contribution in [-0.2, 0) is 0 Å². The Bertz CT molecular complexity index is 445. The van der Waals surface area contributed by atoms with Gasteiger partial charge in [0.05, 0.1) is 11.7 Å². The molecule has 19 heavy (non-hydrogen) atoms. The summed E-state index contributed by atoms with van der Waals surface area (Å²) in [5, 5.41) is 10.5. The van der Waals surface area contributed by atoms with Crippen molar-refractivity contribution >= 4 is 0 Å². The quantitative estimate of drug-likeness (QED) is 0.854. The van der Waals surface area contributed by atoms with Crippen molar-refractivity contribution in [2.24, 2.45) is 11.8 Å². The minimum atomic E-state index is -1.02. The van der Waals surface area contributed by atoms with Crippen LogP contribution in [0.15, 0.2) is 12.1 Å². The Labute approximate surface area is 113 Å². The first kappa shape index (κ1) is 14.4. The molecule has 1 nitrogen and oxygen atoms in total. The van der Waals surface area contributed by atoms with E-state index in [0.717, 1.165) is 32.1 Å². The summed E-state index contributed by atoms with van der Waals surface area (Å²) in [6, 6.07) is 2.67. The second-order valence-electron chi connectivity index (χ2n) is 5.65. The normalized spacial score (nSPS) is 25.3. The number of rotatable bonds is 3. The maximum Gasteiger partial charge on any atom is 0.134 e. The molecule has 3 unspecified atom stereocenters. The standard InChI is InChI=1S/C16H22F2O/c1-3-11-6-4-5-7-12(11)16(19)14-13(17)9-8-10(2)15(14)18/h8-9,11-12,16,19H,3-7H2,1-2H3. The van der Waals surface area contributed by atoms with Crippen molar-refractivity contribution in [1.82, 2.24) is 0 Å². The van der Waals surface area contributed by atoms with Crippen LogP contribution in [-0.4, -0.2) is 5.11 Å². The fourth-order valence-electron chi connectivity index (χ4n) is 3.32. The summed E-state index contributed by atoms with van der Waals surface area (Å²) in [7, 11) is 0. The van der Waals surface area contributed by atoms with E-state index in [2.05, 4.69) is 6.92 Å². The third-order valence-electron chi connectivity index (χ3n) is 4.51. The molecule has 3 atom stereocenters. The zero-order valence-electron chi connectivity index (χ0n) is 11.6. The monoisotopic (exact) mass is 268 g/mol. The van der Waals surface area contributed by atoms with Crippen LogP contribution in [0, 0.1) is 30.4 Å². The van der Waals surface area contributed by atoms with Crippen LogP contribution in [0.5, 0.6) is 0 Å². The molecule has 0 bridgehead atoms. The van der Waals surface area contributed by atoms with Gasteiger partial charge in [-0.3, -0.25) is 0 Å². The van der Waals surface area contributed by atoms with Gasteiger partial charge in [-0.1, -0.05) is 38.7 Å². The molecular formula is C16H22F2O. The molecule has 0 radical (unpaired) electrons. The van der Waals surface area contributed by atoms with E-state index >= 15 is 0 Å². The van der Waals surface area contributed by atoms with E-state index in [4.69, 9.17) is 0 Å². The molecule has 1 aromatic rings. The first-order valence-electron chi connectivity index (χ1n) is 7.18. The summed E-state index contributed by atoms with van der Waals surface area (Å²) in [5.41, 5.74) is 0.254. The number of benzene rings is 1. The van der Waals surface area contributed by atoms with Gasteiger partial charge in [0.1, 0.15) is 11.6 Å². The Kier molecular flexibility index (Phi) is 4.56. The van der Waals surface area contributed by atoms with Crippen LogP contribution in [0.25, 0.3) is 0 Å². The first-order chi connectivity index (χ1) is 9.06. The van der Waals surface area contributed by atoms with Crippen molar-refractivity contribution in [2.75, 3.05) is 0 Å². The maximum atomic E-state index is 14.1. The molecule has 0 aliphatic heterocycles. The SMILES string of the molecule is CCC1CCCCC1C(O)c1c(F)ccc(C)c1F. The molecule has 0 saturated heterocycles. The topological polar surface area (TPSA) is 20.2 Å². The largest absolute Gasteiger partial charge is 0.388 e. The van der Waals surface area contributed by atoms with Gasteiger partial charge in [-0.25, -0.2) is 8.78 Å². The fourth-order valence-corrected chi connectivity index (χ4v) is 3.32. The molecule has 1 aromatic carbocycles. The predicted molar refractivity (Wildman–Crippen MR) is 71.8 cm³/mol. The van der Waals surface area contributed by atoms with Crippen molar-refractivity contribution in [1.29, 1.82) is 0 Å². The molecule has 0 aromatic heterocycles. The second kappa shape index (κ2) is 6.00. The Morgan fingerprint density at radius 1 is 1.26 bits per heavy atom. The number of hydrogen-bond acceptors (Lipinski definition) is 1. The van der Waals surface area contributed by atoms with Crippen LogP contribution in [0.4, 0.5) is 8.78 Å². The highest BCUT2D eigenvalue weighted by Crippen LogP contribution is 2.41. The van der Waals surface area contributed by atoms with Crippen molar-refractivity contribution in [2.45, 2.75) is 52.1 Å². The van der Waals surface area contributed by atoms with E-state index in [1.165, 1.54) is 12.1 Å². The summed E-state index contributed by atoms with van der Waals surface area (Å²) in [4.78, 5) is 0. The lowest BCUT2D eigenvalue weighted by molar-refractivity contribution is 0.0399. The Morgan fingerprint density at radius 2 is 1.95 bits per heavy atom. The van der Waals surface area contributed by atoms with Gasteiger partial charge in [0, 0.05) is 0 Å². The lowest BCUT2D eigenvalue weighted by Gasteiger charge is -2.34. The molecule has 2 rings (SSSR count). The Balaban J connectivity index is 2.32. The lowest BCUT2D eigenvalue weighted by Crippen LogP contribution is -2.26. The van der Waals surface area contributed by atoms with Gasteiger partial charge in [0.15, 0.2) is 0 Å². The molecule has 1 saturated carbocycles. The van der Waals surface area contributed by atoms with E-state index in [1.807, 2.05) is 0 Å². The van der Waals surface area contributed by atoms with Crippen molar-refractivity contribution < 1.29 is 13.9 Å². The minimum absolute atomic E-state index is 0.0236. The van der Waals surface area contributed by atoms with Gasteiger partial charge >= 0.3 is 0 Å². The number of aryl methyl sites for hydroxylation is 1.